The third-order valence-corrected chi connectivity index (χ3v) is 3.41. The molecule has 1 N–H and O–H groups in total. The van der Waals surface area contributed by atoms with E-state index in [1.165, 1.54) is 0 Å². The van der Waals surface area contributed by atoms with Gasteiger partial charge in [0.2, 0.25) is 0 Å². The fourth-order valence-electron chi connectivity index (χ4n) is 2.07. The fourth-order valence-corrected chi connectivity index (χ4v) is 2.07. The molecule has 0 bridgehead atoms. The summed E-state index contributed by atoms with van der Waals surface area (Å²) in [5, 5.41) is 9.55. The maximum Gasteiger partial charge on any atom is 0.147 e. The molecule has 0 radical (unpaired) electrons. The van der Waals surface area contributed by atoms with Crippen molar-refractivity contribution in [2.75, 3.05) is 18.0 Å². The Balaban J connectivity index is 2.11. The molecule has 1 saturated heterocycles. The molecule has 0 amide bonds. The number of rotatable bonds is 2. The van der Waals surface area contributed by atoms with Gasteiger partial charge in [0.1, 0.15) is 5.82 Å². The average Bonchev–Trinajstić information content (AvgIpc) is 2.71. The van der Waals surface area contributed by atoms with Crippen LogP contribution in [0.3, 0.4) is 0 Å². The van der Waals surface area contributed by atoms with Crippen LogP contribution in [-0.2, 0) is 0 Å². The summed E-state index contributed by atoms with van der Waals surface area (Å²) in [5.41, 5.74) is 1.97. The highest BCUT2D eigenvalue weighted by atomic mass is 16.3. The Morgan fingerprint density at radius 3 is 2.75 bits per heavy atom. The Morgan fingerprint density at radius 2 is 2.19 bits per heavy atom. The highest BCUT2D eigenvalue weighted by Crippen LogP contribution is 2.24. The molecule has 0 saturated carbocycles. The number of hydrogen-bond acceptors (Lipinski definition) is 4. The molecule has 0 aliphatic carbocycles. The van der Waals surface area contributed by atoms with Crippen molar-refractivity contribution < 1.29 is 5.11 Å². The first kappa shape index (κ1) is 11.3. The predicted molar refractivity (Wildman–Crippen MR) is 63.5 cm³/mol. The van der Waals surface area contributed by atoms with Gasteiger partial charge in [-0.2, -0.15) is 0 Å². The number of anilines is 1. The minimum absolute atomic E-state index is 0.232. The van der Waals surface area contributed by atoms with E-state index in [2.05, 4.69) is 14.9 Å². The van der Waals surface area contributed by atoms with Crippen LogP contribution in [0.15, 0.2) is 6.20 Å². The van der Waals surface area contributed by atoms with Crippen LogP contribution >= 0.6 is 0 Å². The molecule has 1 aromatic rings. The van der Waals surface area contributed by atoms with E-state index >= 15 is 0 Å². The van der Waals surface area contributed by atoms with Crippen molar-refractivity contribution in [3.8, 4) is 0 Å². The monoisotopic (exact) mass is 221 g/mol. The molecule has 2 unspecified atom stereocenters. The lowest BCUT2D eigenvalue weighted by molar-refractivity contribution is 0.136. The third kappa shape index (κ3) is 2.16. The highest BCUT2D eigenvalue weighted by Gasteiger charge is 2.26. The standard InChI is InChI=1S/C12H19N3O/c1-8-9(2)14-12(6-13-8)15-5-4-11(7-15)10(3)16/h6,10-11,16H,4-5,7H2,1-3H3. The molecular weight excluding hydrogens is 202 g/mol. The summed E-state index contributed by atoms with van der Waals surface area (Å²) in [6.07, 6.45) is 2.63. The smallest absolute Gasteiger partial charge is 0.147 e. The van der Waals surface area contributed by atoms with Crippen LogP contribution in [0.2, 0.25) is 0 Å². The van der Waals surface area contributed by atoms with Gasteiger partial charge in [-0.1, -0.05) is 0 Å². The zero-order valence-electron chi connectivity index (χ0n) is 10.1. The lowest BCUT2D eigenvalue weighted by Crippen LogP contribution is -2.25. The van der Waals surface area contributed by atoms with Crippen molar-refractivity contribution in [3.63, 3.8) is 0 Å². The summed E-state index contributed by atoms with van der Waals surface area (Å²) in [6.45, 7) is 7.66. The topological polar surface area (TPSA) is 49.2 Å². The molecule has 88 valence electrons. The number of hydrogen-bond donors (Lipinski definition) is 1. The molecule has 16 heavy (non-hydrogen) atoms. The molecule has 2 rings (SSSR count). The zero-order chi connectivity index (χ0) is 11.7. The maximum absolute atomic E-state index is 9.55. The summed E-state index contributed by atoms with van der Waals surface area (Å²) in [4.78, 5) is 11.1. The van der Waals surface area contributed by atoms with Crippen molar-refractivity contribution in [1.82, 2.24) is 9.97 Å². The Morgan fingerprint density at radius 1 is 1.44 bits per heavy atom. The number of aromatic nitrogens is 2. The molecule has 1 aliphatic rings. The van der Waals surface area contributed by atoms with Gasteiger partial charge in [0, 0.05) is 19.0 Å². The van der Waals surface area contributed by atoms with E-state index in [4.69, 9.17) is 0 Å². The first-order valence-electron chi connectivity index (χ1n) is 5.81. The Bertz CT molecular complexity index is 379. The summed E-state index contributed by atoms with van der Waals surface area (Å²) in [5.74, 6) is 1.30. The van der Waals surface area contributed by atoms with E-state index in [1.807, 2.05) is 27.0 Å². The summed E-state index contributed by atoms with van der Waals surface area (Å²) >= 11 is 0. The van der Waals surface area contributed by atoms with E-state index in [1.54, 1.807) is 0 Å². The molecule has 2 atom stereocenters. The first-order chi connectivity index (χ1) is 7.58. The van der Waals surface area contributed by atoms with Gasteiger partial charge >= 0.3 is 0 Å². The van der Waals surface area contributed by atoms with Crippen LogP contribution in [0.5, 0.6) is 0 Å². The third-order valence-electron chi connectivity index (χ3n) is 3.41. The van der Waals surface area contributed by atoms with E-state index in [-0.39, 0.29) is 6.10 Å². The van der Waals surface area contributed by atoms with Gasteiger partial charge in [-0.05, 0) is 27.2 Å². The lowest BCUT2D eigenvalue weighted by Gasteiger charge is -2.18. The highest BCUT2D eigenvalue weighted by molar-refractivity contribution is 5.38. The normalized spacial score (nSPS) is 22.5. The van der Waals surface area contributed by atoms with Crippen molar-refractivity contribution in [3.05, 3.63) is 17.6 Å². The van der Waals surface area contributed by atoms with Crippen molar-refractivity contribution in [2.45, 2.75) is 33.3 Å². The average molecular weight is 221 g/mol. The van der Waals surface area contributed by atoms with Crippen molar-refractivity contribution in [2.24, 2.45) is 5.92 Å². The fraction of sp³-hybridized carbons (Fsp3) is 0.667. The van der Waals surface area contributed by atoms with Crippen LogP contribution in [0.25, 0.3) is 0 Å². The van der Waals surface area contributed by atoms with E-state index < -0.39 is 0 Å². The second-order valence-electron chi connectivity index (χ2n) is 4.63. The quantitative estimate of drug-likeness (QED) is 0.818. The van der Waals surface area contributed by atoms with Gasteiger partial charge in [0.05, 0.1) is 23.7 Å². The van der Waals surface area contributed by atoms with Gasteiger partial charge in [0.25, 0.3) is 0 Å². The zero-order valence-corrected chi connectivity index (χ0v) is 10.1. The largest absolute Gasteiger partial charge is 0.393 e. The molecule has 0 spiro atoms. The van der Waals surface area contributed by atoms with Gasteiger partial charge in [-0.15, -0.1) is 0 Å². The van der Waals surface area contributed by atoms with Crippen LogP contribution in [0, 0.1) is 19.8 Å². The Kier molecular flexibility index (Phi) is 3.10. The van der Waals surface area contributed by atoms with E-state index in [0.717, 1.165) is 36.7 Å². The SMILES string of the molecule is Cc1ncc(N2CCC(C(C)O)C2)nc1C. The molecule has 1 aromatic heterocycles. The molecular formula is C12H19N3O. The van der Waals surface area contributed by atoms with E-state index in [0.29, 0.717) is 5.92 Å². The van der Waals surface area contributed by atoms with Gasteiger partial charge in [-0.25, -0.2) is 4.98 Å². The first-order valence-corrected chi connectivity index (χ1v) is 5.81. The number of nitrogens with zero attached hydrogens (tertiary/aromatic N) is 3. The van der Waals surface area contributed by atoms with Crippen molar-refractivity contribution >= 4 is 5.82 Å². The van der Waals surface area contributed by atoms with E-state index in [9.17, 15) is 5.11 Å². The summed E-state index contributed by atoms with van der Waals surface area (Å²) in [6, 6.07) is 0. The minimum Gasteiger partial charge on any atom is -0.393 e. The van der Waals surface area contributed by atoms with Gasteiger partial charge < -0.3 is 10.0 Å². The number of aliphatic hydroxyl groups excluding tert-OH is 1. The number of aryl methyl sites for hydroxylation is 2. The van der Waals surface area contributed by atoms with Crippen LogP contribution in [0.1, 0.15) is 24.7 Å². The van der Waals surface area contributed by atoms with Gasteiger partial charge in [0.15, 0.2) is 0 Å². The van der Waals surface area contributed by atoms with Gasteiger partial charge in [-0.3, -0.25) is 4.98 Å². The molecule has 1 fully saturated rings. The summed E-state index contributed by atoms with van der Waals surface area (Å²) in [7, 11) is 0. The van der Waals surface area contributed by atoms with Crippen molar-refractivity contribution in [1.29, 1.82) is 0 Å². The molecule has 0 aromatic carbocycles. The Hall–Kier alpha value is -1.16. The minimum atomic E-state index is -0.232. The van der Waals surface area contributed by atoms with Crippen LogP contribution in [0.4, 0.5) is 5.82 Å². The predicted octanol–water partition coefficient (Wildman–Crippen LogP) is 1.30. The van der Waals surface area contributed by atoms with Crippen LogP contribution < -0.4 is 4.90 Å². The van der Waals surface area contributed by atoms with Crippen LogP contribution in [-0.4, -0.2) is 34.3 Å². The second-order valence-corrected chi connectivity index (χ2v) is 4.63. The molecule has 4 heteroatoms. The molecule has 1 aliphatic heterocycles. The number of aliphatic hydroxyl groups is 1. The lowest BCUT2D eigenvalue weighted by atomic mass is 10.0. The maximum atomic E-state index is 9.55. The second kappa shape index (κ2) is 4.37. The Labute approximate surface area is 96.3 Å². The summed E-state index contributed by atoms with van der Waals surface area (Å²) < 4.78 is 0. The molecule has 4 nitrogen and oxygen atoms in total. The molecule has 2 heterocycles.